The summed E-state index contributed by atoms with van der Waals surface area (Å²) in [6.07, 6.45) is 2.51. The van der Waals surface area contributed by atoms with Gasteiger partial charge in [0.2, 0.25) is 0 Å². The fourth-order valence-electron chi connectivity index (χ4n) is 2.66. The number of carbonyl (C=O) groups is 1. The van der Waals surface area contributed by atoms with Gasteiger partial charge in [0.25, 0.3) is 0 Å². The highest BCUT2D eigenvalue weighted by atomic mass is 16.4. The molecule has 0 aliphatic rings. The quantitative estimate of drug-likeness (QED) is 0.799. The first-order valence-electron chi connectivity index (χ1n) is 7.31. The van der Waals surface area contributed by atoms with Crippen molar-refractivity contribution >= 4 is 11.6 Å². The van der Waals surface area contributed by atoms with Gasteiger partial charge in [-0.2, -0.15) is 0 Å². The Balaban J connectivity index is 2.18. The molecule has 3 rings (SSSR count). The van der Waals surface area contributed by atoms with E-state index in [0.29, 0.717) is 6.42 Å². The molecule has 0 aliphatic carbocycles. The maximum atomic E-state index is 11.0. The molecule has 112 valence electrons. The van der Waals surface area contributed by atoms with Crippen LogP contribution in [0, 0.1) is 13.8 Å². The number of aryl methyl sites for hydroxylation is 3. The molecule has 0 amide bonds. The Morgan fingerprint density at radius 3 is 2.59 bits per heavy atom. The zero-order valence-corrected chi connectivity index (χ0v) is 12.7. The lowest BCUT2D eigenvalue weighted by atomic mass is 10.1. The molecule has 0 saturated carbocycles. The van der Waals surface area contributed by atoms with E-state index >= 15 is 0 Å². The zero-order chi connectivity index (χ0) is 15.7. The van der Waals surface area contributed by atoms with Gasteiger partial charge in [-0.3, -0.25) is 4.79 Å². The molecule has 3 aromatic rings. The van der Waals surface area contributed by atoms with Crippen LogP contribution >= 0.6 is 0 Å². The molecule has 4 nitrogen and oxygen atoms in total. The molecule has 0 unspecified atom stereocenters. The first kappa shape index (κ1) is 14.3. The molecular weight excluding hydrogens is 276 g/mol. The van der Waals surface area contributed by atoms with Crippen LogP contribution in [0.2, 0.25) is 0 Å². The van der Waals surface area contributed by atoms with Crippen LogP contribution in [-0.4, -0.2) is 20.5 Å². The average Bonchev–Trinajstić information content (AvgIpc) is 2.86. The summed E-state index contributed by atoms with van der Waals surface area (Å²) in [7, 11) is 0. The summed E-state index contributed by atoms with van der Waals surface area (Å²) in [5.41, 5.74) is 6.00. The van der Waals surface area contributed by atoms with Gasteiger partial charge < -0.3 is 9.51 Å². The van der Waals surface area contributed by atoms with E-state index in [2.05, 4.69) is 0 Å². The number of aromatic nitrogens is 2. The Kier molecular flexibility index (Phi) is 3.67. The third-order valence-corrected chi connectivity index (χ3v) is 3.84. The molecule has 2 heterocycles. The third kappa shape index (κ3) is 2.60. The molecule has 22 heavy (non-hydrogen) atoms. The number of imidazole rings is 1. The van der Waals surface area contributed by atoms with E-state index < -0.39 is 5.97 Å². The van der Waals surface area contributed by atoms with E-state index in [1.807, 2.05) is 60.8 Å². The highest BCUT2D eigenvalue weighted by Gasteiger charge is 2.15. The molecular formula is C18H18N2O2. The first-order valence-corrected chi connectivity index (χ1v) is 7.31. The van der Waals surface area contributed by atoms with Gasteiger partial charge in [0.15, 0.2) is 0 Å². The Morgan fingerprint density at radius 2 is 1.91 bits per heavy atom. The van der Waals surface area contributed by atoms with Crippen LogP contribution in [0.5, 0.6) is 0 Å². The number of hydrogen-bond acceptors (Lipinski definition) is 2. The van der Waals surface area contributed by atoms with Gasteiger partial charge in [-0.25, -0.2) is 4.98 Å². The Hall–Kier alpha value is -2.62. The van der Waals surface area contributed by atoms with E-state index in [1.54, 1.807) is 0 Å². The SMILES string of the molecule is Cc1ccc(-c2nc3c(C)cccn3c2CCC(=O)O)cc1. The molecule has 0 radical (unpaired) electrons. The van der Waals surface area contributed by atoms with Crippen molar-refractivity contribution in [3.05, 3.63) is 59.4 Å². The number of rotatable bonds is 4. The van der Waals surface area contributed by atoms with Crippen molar-refractivity contribution in [1.29, 1.82) is 0 Å². The largest absolute Gasteiger partial charge is 0.481 e. The number of aliphatic carboxylic acids is 1. The van der Waals surface area contributed by atoms with E-state index in [4.69, 9.17) is 10.1 Å². The number of carboxylic acid groups (broad SMARTS) is 1. The summed E-state index contributed by atoms with van der Waals surface area (Å²) < 4.78 is 2.01. The topological polar surface area (TPSA) is 54.6 Å². The van der Waals surface area contributed by atoms with E-state index in [-0.39, 0.29) is 6.42 Å². The maximum Gasteiger partial charge on any atom is 0.303 e. The summed E-state index contributed by atoms with van der Waals surface area (Å²) in [5, 5.41) is 9.01. The van der Waals surface area contributed by atoms with Gasteiger partial charge in [0.05, 0.1) is 17.8 Å². The lowest BCUT2D eigenvalue weighted by molar-refractivity contribution is -0.136. The highest BCUT2D eigenvalue weighted by molar-refractivity contribution is 5.71. The number of hydrogen-bond donors (Lipinski definition) is 1. The van der Waals surface area contributed by atoms with Crippen molar-refractivity contribution in [2.24, 2.45) is 0 Å². The monoisotopic (exact) mass is 294 g/mol. The lowest BCUT2D eigenvalue weighted by Gasteiger charge is -2.05. The molecule has 2 aromatic heterocycles. The second-order valence-electron chi connectivity index (χ2n) is 5.55. The maximum absolute atomic E-state index is 11.0. The number of pyridine rings is 1. The molecule has 0 spiro atoms. The van der Waals surface area contributed by atoms with Crippen LogP contribution < -0.4 is 0 Å². The molecule has 0 bridgehead atoms. The molecule has 4 heteroatoms. The Morgan fingerprint density at radius 1 is 1.18 bits per heavy atom. The lowest BCUT2D eigenvalue weighted by Crippen LogP contribution is -2.01. The van der Waals surface area contributed by atoms with Gasteiger partial charge in [-0.1, -0.05) is 35.9 Å². The molecule has 1 aromatic carbocycles. The standard InChI is InChI=1S/C18H18N2O2/c1-12-5-7-14(8-6-12)17-15(9-10-16(21)22)20-11-3-4-13(2)18(20)19-17/h3-8,11H,9-10H2,1-2H3,(H,21,22). The van der Waals surface area contributed by atoms with Crippen LogP contribution in [0.3, 0.4) is 0 Å². The molecule has 1 N–H and O–H groups in total. The van der Waals surface area contributed by atoms with Gasteiger partial charge in [0.1, 0.15) is 5.65 Å². The molecule has 0 aliphatic heterocycles. The third-order valence-electron chi connectivity index (χ3n) is 3.84. The predicted octanol–water partition coefficient (Wildman–Crippen LogP) is 3.64. The predicted molar refractivity (Wildman–Crippen MR) is 86.1 cm³/mol. The summed E-state index contributed by atoms with van der Waals surface area (Å²) in [6, 6.07) is 12.2. The summed E-state index contributed by atoms with van der Waals surface area (Å²) in [4.78, 5) is 15.7. The van der Waals surface area contributed by atoms with Gasteiger partial charge in [-0.15, -0.1) is 0 Å². The van der Waals surface area contributed by atoms with E-state index in [9.17, 15) is 4.79 Å². The van der Waals surface area contributed by atoms with Gasteiger partial charge in [-0.05, 0) is 25.5 Å². The summed E-state index contributed by atoms with van der Waals surface area (Å²) in [5.74, 6) is -0.794. The minimum Gasteiger partial charge on any atom is -0.481 e. The first-order chi connectivity index (χ1) is 10.6. The molecule has 0 fully saturated rings. The Labute approximate surface area is 129 Å². The van der Waals surface area contributed by atoms with Crippen molar-refractivity contribution in [3.63, 3.8) is 0 Å². The van der Waals surface area contributed by atoms with Crippen molar-refractivity contribution in [1.82, 2.24) is 9.38 Å². The van der Waals surface area contributed by atoms with Crippen molar-refractivity contribution < 1.29 is 9.90 Å². The zero-order valence-electron chi connectivity index (χ0n) is 12.7. The van der Waals surface area contributed by atoms with Crippen molar-refractivity contribution in [2.45, 2.75) is 26.7 Å². The number of nitrogens with zero attached hydrogens (tertiary/aromatic N) is 2. The van der Waals surface area contributed by atoms with E-state index in [1.165, 1.54) is 5.56 Å². The second-order valence-corrected chi connectivity index (χ2v) is 5.55. The number of benzene rings is 1. The van der Waals surface area contributed by atoms with Crippen LogP contribution in [0.4, 0.5) is 0 Å². The van der Waals surface area contributed by atoms with Crippen LogP contribution in [0.15, 0.2) is 42.6 Å². The Bertz CT molecular complexity index is 832. The second kappa shape index (κ2) is 5.64. The van der Waals surface area contributed by atoms with Crippen LogP contribution in [0.25, 0.3) is 16.9 Å². The fraction of sp³-hybridized carbons (Fsp3) is 0.222. The van der Waals surface area contributed by atoms with E-state index in [0.717, 1.165) is 28.2 Å². The normalized spacial score (nSPS) is 11.0. The smallest absolute Gasteiger partial charge is 0.303 e. The summed E-state index contributed by atoms with van der Waals surface area (Å²) >= 11 is 0. The van der Waals surface area contributed by atoms with Crippen molar-refractivity contribution in [3.8, 4) is 11.3 Å². The van der Waals surface area contributed by atoms with Crippen molar-refractivity contribution in [2.75, 3.05) is 0 Å². The highest BCUT2D eigenvalue weighted by Crippen LogP contribution is 2.27. The van der Waals surface area contributed by atoms with Crippen LogP contribution in [0.1, 0.15) is 23.2 Å². The average molecular weight is 294 g/mol. The van der Waals surface area contributed by atoms with Gasteiger partial charge >= 0.3 is 5.97 Å². The molecule has 0 saturated heterocycles. The molecule has 0 atom stereocenters. The summed E-state index contributed by atoms with van der Waals surface area (Å²) in [6.45, 7) is 4.06. The van der Waals surface area contributed by atoms with Gasteiger partial charge in [0, 0.05) is 18.2 Å². The fourth-order valence-corrected chi connectivity index (χ4v) is 2.66. The minimum atomic E-state index is -0.794. The van der Waals surface area contributed by atoms with Crippen LogP contribution in [-0.2, 0) is 11.2 Å². The minimum absolute atomic E-state index is 0.0978. The number of carboxylic acids is 1. The number of fused-ring (bicyclic) bond motifs is 1.